The minimum absolute atomic E-state index is 0.000396. The second-order valence-electron chi connectivity index (χ2n) is 6.79. The number of aryl methyl sites for hydroxylation is 1. The van der Waals surface area contributed by atoms with Crippen LogP contribution in [0.15, 0.2) is 58.4 Å². The van der Waals surface area contributed by atoms with Crippen LogP contribution in [-0.2, 0) is 16.6 Å². The molecule has 0 aliphatic carbocycles. The van der Waals surface area contributed by atoms with Crippen LogP contribution in [0.5, 0.6) is 17.4 Å². The van der Waals surface area contributed by atoms with Crippen LogP contribution in [0.25, 0.3) is 0 Å². The lowest BCUT2D eigenvalue weighted by molar-refractivity contribution is 0.393. The lowest BCUT2D eigenvalue weighted by Gasteiger charge is -2.25. The number of benzene rings is 2. The average Bonchev–Trinajstić information content (AvgIpc) is 2.76. The Hall–Kier alpha value is -3.37. The van der Waals surface area contributed by atoms with E-state index in [1.807, 2.05) is 0 Å². The summed E-state index contributed by atoms with van der Waals surface area (Å²) >= 11 is 6.20. The number of sulfonamides is 1. The number of halogens is 2. The first kappa shape index (κ1) is 21.8. The van der Waals surface area contributed by atoms with E-state index in [9.17, 15) is 12.8 Å². The van der Waals surface area contributed by atoms with Gasteiger partial charge >= 0.3 is 0 Å². The summed E-state index contributed by atoms with van der Waals surface area (Å²) in [6.45, 7) is 1.55. The quantitative estimate of drug-likeness (QED) is 0.571. The molecule has 0 saturated heterocycles. The SMILES string of the molecule is COc1ccc(F)c(CN=C2Nc3c(ccc(C)c3Oc3ccccc3Cl)S(=O)(=O)N2)n1. The molecule has 1 aliphatic heterocycles. The molecule has 4 rings (SSSR count). The number of methoxy groups -OCH3 is 1. The van der Waals surface area contributed by atoms with Gasteiger partial charge in [-0.3, -0.25) is 0 Å². The van der Waals surface area contributed by atoms with Gasteiger partial charge in [-0.15, -0.1) is 0 Å². The van der Waals surface area contributed by atoms with Crippen molar-refractivity contribution in [2.24, 2.45) is 4.99 Å². The number of para-hydroxylation sites is 1. The molecular weight excluding hydrogens is 459 g/mol. The van der Waals surface area contributed by atoms with Crippen LogP contribution in [0.2, 0.25) is 5.02 Å². The third-order valence-corrected chi connectivity index (χ3v) is 6.31. The number of guanidine groups is 1. The van der Waals surface area contributed by atoms with E-state index in [-0.39, 0.29) is 40.4 Å². The summed E-state index contributed by atoms with van der Waals surface area (Å²) < 4.78 is 53.0. The molecule has 0 fully saturated rings. The Morgan fingerprint density at radius 2 is 1.94 bits per heavy atom. The molecule has 2 heterocycles. The number of anilines is 1. The Morgan fingerprint density at radius 1 is 1.16 bits per heavy atom. The van der Waals surface area contributed by atoms with Crippen LogP contribution in [0.1, 0.15) is 11.3 Å². The van der Waals surface area contributed by atoms with Gasteiger partial charge in [0.25, 0.3) is 10.0 Å². The highest BCUT2D eigenvalue weighted by Crippen LogP contribution is 2.41. The molecule has 0 bridgehead atoms. The van der Waals surface area contributed by atoms with Crippen molar-refractivity contribution in [2.75, 3.05) is 12.4 Å². The highest BCUT2D eigenvalue weighted by atomic mass is 35.5. The maximum Gasteiger partial charge on any atom is 0.266 e. The predicted octanol–water partition coefficient (Wildman–Crippen LogP) is 4.24. The summed E-state index contributed by atoms with van der Waals surface area (Å²) in [7, 11) is -2.55. The maximum atomic E-state index is 14.1. The summed E-state index contributed by atoms with van der Waals surface area (Å²) in [5, 5.41) is 3.30. The number of nitrogens with zero attached hydrogens (tertiary/aromatic N) is 2. The molecule has 11 heteroatoms. The fourth-order valence-corrected chi connectivity index (χ4v) is 4.33. The third-order valence-electron chi connectivity index (χ3n) is 4.62. The van der Waals surface area contributed by atoms with E-state index in [2.05, 4.69) is 20.0 Å². The van der Waals surface area contributed by atoms with Gasteiger partial charge in [0.2, 0.25) is 11.8 Å². The minimum atomic E-state index is -3.96. The monoisotopic (exact) mass is 476 g/mol. The molecule has 166 valence electrons. The van der Waals surface area contributed by atoms with Gasteiger partial charge in [-0.1, -0.05) is 29.8 Å². The molecule has 8 nitrogen and oxygen atoms in total. The Kier molecular flexibility index (Phi) is 5.90. The summed E-state index contributed by atoms with van der Waals surface area (Å²) in [5.74, 6) is 0.169. The maximum absolute atomic E-state index is 14.1. The van der Waals surface area contributed by atoms with Crippen molar-refractivity contribution < 1.29 is 22.3 Å². The fraction of sp³-hybridized carbons (Fsp3) is 0.143. The molecule has 0 spiro atoms. The number of aromatic nitrogens is 1. The van der Waals surface area contributed by atoms with Gasteiger partial charge in [-0.25, -0.2) is 27.5 Å². The molecule has 1 aromatic heterocycles. The van der Waals surface area contributed by atoms with Gasteiger partial charge in [0.15, 0.2) is 5.75 Å². The number of pyridine rings is 1. The van der Waals surface area contributed by atoms with E-state index in [4.69, 9.17) is 21.1 Å². The third kappa shape index (κ3) is 4.32. The van der Waals surface area contributed by atoms with Crippen molar-refractivity contribution in [2.45, 2.75) is 18.4 Å². The van der Waals surface area contributed by atoms with Crippen molar-refractivity contribution in [3.63, 3.8) is 0 Å². The number of fused-ring (bicyclic) bond motifs is 1. The summed E-state index contributed by atoms with van der Waals surface area (Å²) in [6, 6.07) is 12.5. The summed E-state index contributed by atoms with van der Waals surface area (Å²) in [6.07, 6.45) is 0. The number of hydrogen-bond acceptors (Lipinski definition) is 6. The van der Waals surface area contributed by atoms with Gasteiger partial charge in [-0.05, 0) is 36.8 Å². The van der Waals surface area contributed by atoms with E-state index in [1.54, 1.807) is 37.3 Å². The van der Waals surface area contributed by atoms with Gasteiger partial charge in [0, 0.05) is 6.07 Å². The second kappa shape index (κ2) is 8.64. The number of rotatable bonds is 5. The van der Waals surface area contributed by atoms with Crippen molar-refractivity contribution in [3.8, 4) is 17.4 Å². The van der Waals surface area contributed by atoms with Crippen LogP contribution in [-0.4, -0.2) is 26.5 Å². The molecule has 0 atom stereocenters. The Morgan fingerprint density at radius 3 is 2.69 bits per heavy atom. The summed E-state index contributed by atoms with van der Waals surface area (Å²) in [4.78, 5) is 8.14. The molecule has 0 saturated carbocycles. The van der Waals surface area contributed by atoms with Crippen molar-refractivity contribution >= 4 is 33.3 Å². The standard InChI is InChI=1S/C21H18ClFN4O4S/c1-12-7-9-17-19(20(12)31-16-6-4-3-5-13(16)22)26-21(27-32(17,28)29)24-11-15-14(23)8-10-18(25-15)30-2/h3-10H,11H2,1-2H3,(H2,24,26,27). The zero-order chi connectivity index (χ0) is 22.9. The Labute approximate surface area is 189 Å². The van der Waals surface area contributed by atoms with Crippen molar-refractivity contribution in [1.29, 1.82) is 0 Å². The van der Waals surface area contributed by atoms with Gasteiger partial charge in [-0.2, -0.15) is 0 Å². The molecular formula is C21H18ClFN4O4S. The molecule has 0 radical (unpaired) electrons. The molecule has 3 aromatic rings. The Bertz CT molecular complexity index is 1330. The number of hydrogen-bond donors (Lipinski definition) is 2. The molecule has 0 unspecified atom stereocenters. The first-order valence-corrected chi connectivity index (χ1v) is 11.2. The smallest absolute Gasteiger partial charge is 0.266 e. The van der Waals surface area contributed by atoms with Gasteiger partial charge in [0.05, 0.1) is 18.7 Å². The predicted molar refractivity (Wildman–Crippen MR) is 119 cm³/mol. The minimum Gasteiger partial charge on any atom is -0.481 e. The highest BCUT2D eigenvalue weighted by Gasteiger charge is 2.30. The molecule has 2 N–H and O–H groups in total. The normalized spacial score (nSPS) is 15.4. The zero-order valence-electron chi connectivity index (χ0n) is 17.0. The average molecular weight is 477 g/mol. The van der Waals surface area contributed by atoms with Gasteiger partial charge < -0.3 is 14.8 Å². The summed E-state index contributed by atoms with van der Waals surface area (Å²) in [5.41, 5.74) is 0.870. The zero-order valence-corrected chi connectivity index (χ0v) is 18.6. The van der Waals surface area contributed by atoms with E-state index in [1.165, 1.54) is 25.3 Å². The first-order valence-electron chi connectivity index (χ1n) is 9.38. The van der Waals surface area contributed by atoms with Gasteiger partial charge in [0.1, 0.15) is 27.8 Å². The number of nitrogens with one attached hydrogen (secondary N) is 2. The second-order valence-corrected chi connectivity index (χ2v) is 8.85. The number of aliphatic imine (C=N–C) groups is 1. The van der Waals surface area contributed by atoms with E-state index < -0.39 is 15.8 Å². The first-order chi connectivity index (χ1) is 15.3. The highest BCUT2D eigenvalue weighted by molar-refractivity contribution is 7.90. The van der Waals surface area contributed by atoms with Crippen LogP contribution in [0.3, 0.4) is 0 Å². The lowest BCUT2D eigenvalue weighted by atomic mass is 10.2. The van der Waals surface area contributed by atoms with Crippen LogP contribution in [0, 0.1) is 12.7 Å². The van der Waals surface area contributed by atoms with Crippen LogP contribution < -0.4 is 19.5 Å². The van der Waals surface area contributed by atoms with Crippen molar-refractivity contribution in [3.05, 3.63) is 70.6 Å². The van der Waals surface area contributed by atoms with E-state index in [0.29, 0.717) is 16.3 Å². The molecule has 2 aromatic carbocycles. The lowest BCUT2D eigenvalue weighted by Crippen LogP contribution is -2.41. The Balaban J connectivity index is 1.72. The topological polar surface area (TPSA) is 102 Å². The van der Waals surface area contributed by atoms with Crippen LogP contribution in [0.4, 0.5) is 10.1 Å². The number of ether oxygens (including phenoxy) is 2. The largest absolute Gasteiger partial charge is 0.481 e. The van der Waals surface area contributed by atoms with E-state index >= 15 is 0 Å². The fourth-order valence-electron chi connectivity index (χ4n) is 3.02. The van der Waals surface area contributed by atoms with E-state index in [0.717, 1.165) is 0 Å². The molecule has 0 amide bonds. The molecule has 32 heavy (non-hydrogen) atoms. The van der Waals surface area contributed by atoms with Crippen molar-refractivity contribution in [1.82, 2.24) is 9.71 Å². The molecule has 1 aliphatic rings. The van der Waals surface area contributed by atoms with Crippen LogP contribution >= 0.6 is 11.6 Å².